The van der Waals surface area contributed by atoms with Crippen LogP contribution in [0, 0.1) is 3.57 Å². The Balaban J connectivity index is 2.01. The molecule has 1 aromatic carbocycles. The number of halogens is 1. The van der Waals surface area contributed by atoms with Crippen molar-refractivity contribution in [1.82, 2.24) is 15.2 Å². The lowest BCUT2D eigenvalue weighted by Gasteiger charge is -2.04. The minimum Gasteiger partial charge on any atom is -0.294 e. The topological polar surface area (TPSA) is 72.9 Å². The SMILES string of the molecule is NNC(=O)Cc1ccc(Cn2cc(I)cn2)cc1. The van der Waals surface area contributed by atoms with Crippen molar-refractivity contribution in [2.75, 3.05) is 0 Å². The van der Waals surface area contributed by atoms with Gasteiger partial charge in [0.2, 0.25) is 5.91 Å². The normalized spacial score (nSPS) is 10.3. The average molecular weight is 356 g/mol. The molecule has 18 heavy (non-hydrogen) atoms. The molecular formula is C12H13IN4O. The molecule has 1 aromatic heterocycles. The van der Waals surface area contributed by atoms with E-state index >= 15 is 0 Å². The predicted octanol–water partition coefficient (Wildman–Crippen LogP) is 1.07. The van der Waals surface area contributed by atoms with Gasteiger partial charge in [-0.1, -0.05) is 24.3 Å². The molecule has 94 valence electrons. The van der Waals surface area contributed by atoms with Crippen LogP contribution in [0.15, 0.2) is 36.7 Å². The Bertz CT molecular complexity index is 535. The van der Waals surface area contributed by atoms with E-state index in [1.807, 2.05) is 41.3 Å². The van der Waals surface area contributed by atoms with Crippen LogP contribution in [0.2, 0.25) is 0 Å². The first kappa shape index (κ1) is 13.0. The van der Waals surface area contributed by atoms with Gasteiger partial charge in [0.1, 0.15) is 0 Å². The molecule has 0 fully saturated rings. The summed E-state index contributed by atoms with van der Waals surface area (Å²) < 4.78 is 2.99. The average Bonchev–Trinajstić information content (AvgIpc) is 2.77. The van der Waals surface area contributed by atoms with E-state index in [1.165, 1.54) is 0 Å². The second-order valence-electron chi connectivity index (χ2n) is 3.92. The van der Waals surface area contributed by atoms with Crippen LogP contribution in [0.25, 0.3) is 0 Å². The van der Waals surface area contributed by atoms with Gasteiger partial charge in [-0.15, -0.1) is 0 Å². The first-order valence-electron chi connectivity index (χ1n) is 5.42. The molecule has 0 aliphatic heterocycles. The van der Waals surface area contributed by atoms with E-state index in [0.717, 1.165) is 21.2 Å². The van der Waals surface area contributed by atoms with Crippen molar-refractivity contribution in [3.63, 3.8) is 0 Å². The molecule has 2 rings (SSSR count). The predicted molar refractivity (Wildman–Crippen MR) is 76.5 cm³/mol. The number of rotatable bonds is 4. The number of aromatic nitrogens is 2. The highest BCUT2D eigenvalue weighted by molar-refractivity contribution is 14.1. The third-order valence-electron chi connectivity index (χ3n) is 2.49. The van der Waals surface area contributed by atoms with Crippen LogP contribution < -0.4 is 11.3 Å². The smallest absolute Gasteiger partial charge is 0.238 e. The Morgan fingerprint density at radius 1 is 1.33 bits per heavy atom. The van der Waals surface area contributed by atoms with E-state index in [0.29, 0.717) is 6.42 Å². The number of carbonyl (C=O) groups excluding carboxylic acids is 1. The minimum absolute atomic E-state index is 0.190. The molecule has 0 unspecified atom stereocenters. The van der Waals surface area contributed by atoms with Crippen LogP contribution in [0.3, 0.4) is 0 Å². The number of nitrogens with two attached hydrogens (primary N) is 1. The third-order valence-corrected chi connectivity index (χ3v) is 3.05. The molecule has 0 saturated heterocycles. The molecule has 0 aliphatic rings. The van der Waals surface area contributed by atoms with E-state index in [2.05, 4.69) is 33.1 Å². The van der Waals surface area contributed by atoms with Gasteiger partial charge < -0.3 is 0 Å². The molecule has 6 heteroatoms. The second-order valence-corrected chi connectivity index (χ2v) is 5.16. The van der Waals surface area contributed by atoms with Crippen LogP contribution in [0.5, 0.6) is 0 Å². The van der Waals surface area contributed by atoms with Crippen molar-refractivity contribution in [2.24, 2.45) is 5.84 Å². The summed E-state index contributed by atoms with van der Waals surface area (Å²) in [5, 5.41) is 4.22. The van der Waals surface area contributed by atoms with E-state index in [4.69, 9.17) is 5.84 Å². The Kier molecular flexibility index (Phi) is 4.32. The molecule has 1 heterocycles. The zero-order chi connectivity index (χ0) is 13.0. The standard InChI is InChI=1S/C12H13IN4O/c13-11-6-15-17(8-11)7-10-3-1-9(2-4-10)5-12(18)16-14/h1-4,6,8H,5,7,14H2,(H,16,18). The van der Waals surface area contributed by atoms with Crippen molar-refractivity contribution in [1.29, 1.82) is 0 Å². The maximum Gasteiger partial charge on any atom is 0.238 e. The van der Waals surface area contributed by atoms with Gasteiger partial charge in [0.05, 0.1) is 22.7 Å². The fraction of sp³-hybridized carbons (Fsp3) is 0.167. The van der Waals surface area contributed by atoms with Crippen LogP contribution in [0.1, 0.15) is 11.1 Å². The first-order chi connectivity index (χ1) is 8.67. The summed E-state index contributed by atoms with van der Waals surface area (Å²) in [6.45, 7) is 0.729. The zero-order valence-electron chi connectivity index (χ0n) is 9.64. The molecule has 0 bridgehead atoms. The lowest BCUT2D eigenvalue weighted by atomic mass is 10.1. The van der Waals surface area contributed by atoms with Crippen molar-refractivity contribution in [3.05, 3.63) is 51.4 Å². The Hall–Kier alpha value is -1.41. The Morgan fingerprint density at radius 3 is 2.56 bits per heavy atom. The largest absolute Gasteiger partial charge is 0.294 e. The van der Waals surface area contributed by atoms with Crippen LogP contribution in [-0.4, -0.2) is 15.7 Å². The van der Waals surface area contributed by atoms with Gasteiger partial charge in [-0.25, -0.2) is 5.84 Å². The molecule has 2 aromatic rings. The van der Waals surface area contributed by atoms with Crippen LogP contribution in [0.4, 0.5) is 0 Å². The summed E-state index contributed by atoms with van der Waals surface area (Å²) in [7, 11) is 0. The van der Waals surface area contributed by atoms with Gasteiger partial charge in [-0.2, -0.15) is 5.10 Å². The van der Waals surface area contributed by atoms with E-state index < -0.39 is 0 Å². The molecule has 0 saturated carbocycles. The maximum absolute atomic E-state index is 11.1. The van der Waals surface area contributed by atoms with Gasteiger partial charge in [0.15, 0.2) is 0 Å². The summed E-state index contributed by atoms with van der Waals surface area (Å²) in [4.78, 5) is 11.1. The van der Waals surface area contributed by atoms with E-state index in [9.17, 15) is 4.79 Å². The third kappa shape index (κ3) is 3.54. The summed E-state index contributed by atoms with van der Waals surface area (Å²) in [6.07, 6.45) is 4.10. The first-order valence-corrected chi connectivity index (χ1v) is 6.50. The molecule has 5 nitrogen and oxygen atoms in total. The van der Waals surface area contributed by atoms with E-state index in [1.54, 1.807) is 0 Å². The van der Waals surface area contributed by atoms with Gasteiger partial charge in [-0.05, 0) is 33.7 Å². The monoisotopic (exact) mass is 356 g/mol. The fourth-order valence-electron chi connectivity index (χ4n) is 1.61. The van der Waals surface area contributed by atoms with Gasteiger partial charge in [0, 0.05) is 6.20 Å². The number of hydrazine groups is 1. The highest BCUT2D eigenvalue weighted by Gasteiger charge is 2.02. The van der Waals surface area contributed by atoms with Crippen LogP contribution >= 0.6 is 22.6 Å². The second kappa shape index (κ2) is 5.96. The van der Waals surface area contributed by atoms with Crippen molar-refractivity contribution in [2.45, 2.75) is 13.0 Å². The molecule has 1 amide bonds. The quantitative estimate of drug-likeness (QED) is 0.373. The summed E-state index contributed by atoms with van der Waals surface area (Å²) in [5.41, 5.74) is 4.20. The van der Waals surface area contributed by atoms with E-state index in [-0.39, 0.29) is 5.91 Å². The number of hydrogen-bond donors (Lipinski definition) is 2. The number of amides is 1. The van der Waals surface area contributed by atoms with Crippen molar-refractivity contribution >= 4 is 28.5 Å². The maximum atomic E-state index is 11.1. The fourth-order valence-corrected chi connectivity index (χ4v) is 2.06. The van der Waals surface area contributed by atoms with Crippen molar-refractivity contribution in [3.8, 4) is 0 Å². The number of nitrogens with zero attached hydrogens (tertiary/aromatic N) is 2. The van der Waals surface area contributed by atoms with Crippen LogP contribution in [-0.2, 0) is 17.8 Å². The molecule has 3 N–H and O–H groups in total. The molecule has 0 radical (unpaired) electrons. The Morgan fingerprint density at radius 2 is 2.00 bits per heavy atom. The lowest BCUT2D eigenvalue weighted by Crippen LogP contribution is -2.31. The van der Waals surface area contributed by atoms with Crippen molar-refractivity contribution < 1.29 is 4.79 Å². The van der Waals surface area contributed by atoms with Gasteiger partial charge in [-0.3, -0.25) is 14.9 Å². The molecule has 0 aliphatic carbocycles. The molecule has 0 atom stereocenters. The van der Waals surface area contributed by atoms with Gasteiger partial charge in [0.25, 0.3) is 0 Å². The number of hydrogen-bond acceptors (Lipinski definition) is 3. The zero-order valence-corrected chi connectivity index (χ0v) is 11.8. The molecule has 0 spiro atoms. The summed E-state index contributed by atoms with van der Waals surface area (Å²) in [5.74, 6) is 4.85. The summed E-state index contributed by atoms with van der Waals surface area (Å²) in [6, 6.07) is 7.85. The number of carbonyl (C=O) groups is 1. The highest BCUT2D eigenvalue weighted by Crippen LogP contribution is 2.08. The number of benzene rings is 1. The molecular weight excluding hydrogens is 343 g/mol. The highest BCUT2D eigenvalue weighted by atomic mass is 127. The Labute approximate surface area is 118 Å². The minimum atomic E-state index is -0.190. The lowest BCUT2D eigenvalue weighted by molar-refractivity contribution is -0.120. The van der Waals surface area contributed by atoms with Gasteiger partial charge >= 0.3 is 0 Å². The summed E-state index contributed by atoms with van der Waals surface area (Å²) >= 11 is 2.23. The number of nitrogens with one attached hydrogen (secondary N) is 1.